The summed E-state index contributed by atoms with van der Waals surface area (Å²) in [6, 6.07) is 10.3. The van der Waals surface area contributed by atoms with Crippen LogP contribution in [0.15, 0.2) is 35.3 Å². The lowest BCUT2D eigenvalue weighted by Crippen LogP contribution is -2.37. The average Bonchev–Trinajstić information content (AvgIpc) is 3.42. The van der Waals surface area contributed by atoms with E-state index < -0.39 is 0 Å². The van der Waals surface area contributed by atoms with Crippen molar-refractivity contribution < 1.29 is 4.74 Å². The molecule has 0 bridgehead atoms. The van der Waals surface area contributed by atoms with Gasteiger partial charge in [0.15, 0.2) is 5.96 Å². The van der Waals surface area contributed by atoms with E-state index in [1.54, 1.807) is 18.4 Å². The summed E-state index contributed by atoms with van der Waals surface area (Å²) >= 11 is 1.73. The highest BCUT2D eigenvalue weighted by Crippen LogP contribution is 2.29. The summed E-state index contributed by atoms with van der Waals surface area (Å²) in [4.78, 5) is 10.2. The van der Waals surface area contributed by atoms with Crippen molar-refractivity contribution in [3.05, 3.63) is 40.9 Å². The van der Waals surface area contributed by atoms with Crippen molar-refractivity contribution in [1.82, 2.24) is 15.6 Å². The molecular weight excluding hydrogens is 471 g/mol. The van der Waals surface area contributed by atoms with Gasteiger partial charge in [-0.25, -0.2) is 4.98 Å². The van der Waals surface area contributed by atoms with Gasteiger partial charge in [-0.1, -0.05) is 30.3 Å². The Labute approximate surface area is 183 Å². The van der Waals surface area contributed by atoms with Gasteiger partial charge < -0.3 is 15.4 Å². The van der Waals surface area contributed by atoms with E-state index in [1.807, 2.05) is 18.2 Å². The number of hydrogen-bond donors (Lipinski definition) is 2. The summed E-state index contributed by atoms with van der Waals surface area (Å²) in [7, 11) is 1.80. The fourth-order valence-electron chi connectivity index (χ4n) is 2.60. The van der Waals surface area contributed by atoms with Crippen molar-refractivity contribution in [3.63, 3.8) is 0 Å². The minimum Gasteiger partial charge on any atom is -0.381 e. The molecule has 1 aliphatic carbocycles. The van der Waals surface area contributed by atoms with E-state index in [2.05, 4.69) is 34.7 Å². The lowest BCUT2D eigenvalue weighted by atomic mass is 10.2. The van der Waals surface area contributed by atoms with E-state index >= 15 is 0 Å². The third-order valence-corrected chi connectivity index (χ3v) is 5.57. The number of aryl methyl sites for hydroxylation is 1. The van der Waals surface area contributed by atoms with Crippen LogP contribution in [0.4, 0.5) is 0 Å². The van der Waals surface area contributed by atoms with Crippen LogP contribution in [0.2, 0.25) is 0 Å². The Hall–Kier alpha value is -1.19. The molecule has 0 amide bonds. The topological polar surface area (TPSA) is 58.5 Å². The van der Waals surface area contributed by atoms with Crippen LogP contribution in [0, 0.1) is 12.8 Å². The van der Waals surface area contributed by atoms with Crippen LogP contribution >= 0.6 is 35.3 Å². The zero-order valence-corrected chi connectivity index (χ0v) is 19.2. The van der Waals surface area contributed by atoms with Gasteiger partial charge in [0, 0.05) is 37.2 Å². The largest absolute Gasteiger partial charge is 0.381 e. The minimum absolute atomic E-state index is 0. The number of aromatic nitrogens is 1. The first-order valence-electron chi connectivity index (χ1n) is 9.30. The highest BCUT2D eigenvalue weighted by molar-refractivity contribution is 14.0. The molecule has 0 spiro atoms. The molecule has 7 heteroatoms. The minimum atomic E-state index is 0. The Balaban J connectivity index is 0.00000261. The summed E-state index contributed by atoms with van der Waals surface area (Å²) in [6.45, 7) is 5.40. The Kier molecular flexibility index (Phi) is 9.50. The number of nitrogens with one attached hydrogen (secondary N) is 2. The maximum atomic E-state index is 5.66. The van der Waals surface area contributed by atoms with Gasteiger partial charge >= 0.3 is 0 Å². The first-order valence-corrected chi connectivity index (χ1v) is 10.1. The van der Waals surface area contributed by atoms with Crippen LogP contribution in [-0.4, -0.2) is 37.7 Å². The molecule has 1 heterocycles. The second-order valence-electron chi connectivity index (χ2n) is 6.62. The van der Waals surface area contributed by atoms with Gasteiger partial charge in [0.25, 0.3) is 0 Å². The molecule has 0 aliphatic heterocycles. The molecule has 27 heavy (non-hydrogen) atoms. The van der Waals surface area contributed by atoms with Crippen LogP contribution in [0.3, 0.4) is 0 Å². The van der Waals surface area contributed by atoms with Crippen molar-refractivity contribution in [2.75, 3.05) is 26.8 Å². The molecule has 1 aliphatic rings. The first kappa shape index (κ1) is 22.1. The fourth-order valence-corrected chi connectivity index (χ4v) is 3.60. The fraction of sp³-hybridized carbons (Fsp3) is 0.500. The predicted molar refractivity (Wildman–Crippen MR) is 124 cm³/mol. The summed E-state index contributed by atoms with van der Waals surface area (Å²) in [5.41, 5.74) is 2.24. The molecule has 0 atom stereocenters. The summed E-state index contributed by atoms with van der Waals surface area (Å²) in [6.07, 6.45) is 3.68. The number of guanidine groups is 1. The molecule has 148 valence electrons. The van der Waals surface area contributed by atoms with Gasteiger partial charge in [0.2, 0.25) is 0 Å². The van der Waals surface area contributed by atoms with E-state index in [0.29, 0.717) is 0 Å². The maximum Gasteiger partial charge on any atom is 0.191 e. The number of ether oxygens (including phenoxy) is 1. The predicted octanol–water partition coefficient (Wildman–Crippen LogP) is 4.22. The molecule has 1 saturated carbocycles. The first-order chi connectivity index (χ1) is 12.8. The van der Waals surface area contributed by atoms with Crippen molar-refractivity contribution >= 4 is 41.3 Å². The second kappa shape index (κ2) is 11.6. The molecule has 1 aromatic heterocycles. The Morgan fingerprint density at radius 3 is 2.74 bits per heavy atom. The second-order valence-corrected chi connectivity index (χ2v) is 7.70. The van der Waals surface area contributed by atoms with Crippen LogP contribution in [0.25, 0.3) is 10.6 Å². The van der Waals surface area contributed by atoms with Crippen molar-refractivity contribution in [2.45, 2.75) is 32.7 Å². The lowest BCUT2D eigenvalue weighted by Gasteiger charge is -2.11. The highest BCUT2D eigenvalue weighted by Gasteiger charge is 2.20. The van der Waals surface area contributed by atoms with E-state index in [-0.39, 0.29) is 24.0 Å². The van der Waals surface area contributed by atoms with E-state index in [0.717, 1.165) is 55.3 Å². The number of nitrogens with zero attached hydrogens (tertiary/aromatic N) is 2. The van der Waals surface area contributed by atoms with Crippen LogP contribution in [0.1, 0.15) is 29.8 Å². The zero-order chi connectivity index (χ0) is 18.2. The lowest BCUT2D eigenvalue weighted by molar-refractivity contribution is 0.123. The Bertz CT molecular complexity index is 716. The van der Waals surface area contributed by atoms with Gasteiger partial charge in [0.05, 0.1) is 12.2 Å². The van der Waals surface area contributed by atoms with E-state index in [1.165, 1.54) is 23.3 Å². The number of aliphatic imine (C=N–C) groups is 1. The quantitative estimate of drug-likeness (QED) is 0.234. The van der Waals surface area contributed by atoms with Gasteiger partial charge in [-0.3, -0.25) is 4.99 Å². The van der Waals surface area contributed by atoms with Crippen molar-refractivity contribution in [2.24, 2.45) is 10.9 Å². The van der Waals surface area contributed by atoms with Gasteiger partial charge in [0.1, 0.15) is 5.01 Å². The third-order valence-electron chi connectivity index (χ3n) is 4.36. The van der Waals surface area contributed by atoms with E-state index in [9.17, 15) is 0 Å². The van der Waals surface area contributed by atoms with Gasteiger partial charge in [-0.15, -0.1) is 35.3 Å². The molecule has 0 unspecified atom stereocenters. The molecule has 3 rings (SSSR count). The van der Waals surface area contributed by atoms with Gasteiger partial charge in [-0.05, 0) is 32.1 Å². The molecule has 5 nitrogen and oxygen atoms in total. The summed E-state index contributed by atoms with van der Waals surface area (Å²) < 4.78 is 5.66. The smallest absolute Gasteiger partial charge is 0.191 e. The number of halogens is 1. The summed E-state index contributed by atoms with van der Waals surface area (Å²) in [5, 5.41) is 7.79. The SMILES string of the molecule is CN=C(NCCCOCC1CC1)NCc1sc(-c2ccccc2)nc1C.I. The van der Waals surface area contributed by atoms with Crippen LogP contribution in [-0.2, 0) is 11.3 Å². The molecule has 0 radical (unpaired) electrons. The van der Waals surface area contributed by atoms with Crippen LogP contribution < -0.4 is 10.6 Å². The molecular formula is C20H29IN4OS. The normalized spacial score (nSPS) is 13.9. The number of rotatable bonds is 9. The number of thiazole rings is 1. The third kappa shape index (κ3) is 7.38. The van der Waals surface area contributed by atoms with Crippen LogP contribution in [0.5, 0.6) is 0 Å². The molecule has 2 aromatic rings. The van der Waals surface area contributed by atoms with Gasteiger partial charge in [-0.2, -0.15) is 0 Å². The molecule has 1 aromatic carbocycles. The zero-order valence-electron chi connectivity index (χ0n) is 16.0. The Morgan fingerprint density at radius 2 is 2.04 bits per heavy atom. The highest BCUT2D eigenvalue weighted by atomic mass is 127. The van der Waals surface area contributed by atoms with Crippen molar-refractivity contribution in [3.8, 4) is 10.6 Å². The van der Waals surface area contributed by atoms with E-state index in [4.69, 9.17) is 9.72 Å². The number of hydrogen-bond acceptors (Lipinski definition) is 4. The summed E-state index contributed by atoms with van der Waals surface area (Å²) in [5.74, 6) is 1.65. The average molecular weight is 500 g/mol. The molecule has 1 fully saturated rings. The molecule has 2 N–H and O–H groups in total. The maximum absolute atomic E-state index is 5.66. The van der Waals surface area contributed by atoms with Crippen molar-refractivity contribution in [1.29, 1.82) is 0 Å². The Morgan fingerprint density at radius 1 is 1.26 bits per heavy atom. The standard InChI is InChI=1S/C20H28N4OS.HI/c1-15-18(26-19(24-15)17-7-4-3-5-8-17)13-23-20(21-2)22-11-6-12-25-14-16-9-10-16;/h3-5,7-8,16H,6,9-14H2,1-2H3,(H2,21,22,23);1H. The monoisotopic (exact) mass is 500 g/mol. The number of benzene rings is 1. The molecule has 0 saturated heterocycles.